The Balaban J connectivity index is 2.01. The first-order chi connectivity index (χ1) is 9.45. The van der Waals surface area contributed by atoms with Gasteiger partial charge in [-0.15, -0.1) is 11.3 Å². The van der Waals surface area contributed by atoms with E-state index in [-0.39, 0.29) is 18.0 Å². The van der Waals surface area contributed by atoms with Crippen molar-refractivity contribution in [1.82, 2.24) is 4.98 Å². The number of halogens is 2. The zero-order chi connectivity index (χ0) is 14.7. The maximum Gasteiger partial charge on any atom is 0.230 e. The number of amides is 1. The van der Waals surface area contributed by atoms with Gasteiger partial charge in [-0.05, 0) is 18.6 Å². The molecule has 20 heavy (non-hydrogen) atoms. The first-order valence-corrected chi connectivity index (χ1v) is 6.78. The van der Waals surface area contributed by atoms with Crippen molar-refractivity contribution in [3.8, 4) is 0 Å². The highest BCUT2D eigenvalue weighted by Crippen LogP contribution is 2.19. The number of hydrogen-bond acceptors (Lipinski definition) is 4. The molecule has 3 N–H and O–H groups in total. The van der Waals surface area contributed by atoms with E-state index >= 15 is 0 Å². The molecule has 2 aromatic rings. The van der Waals surface area contributed by atoms with E-state index in [9.17, 15) is 13.6 Å². The summed E-state index contributed by atoms with van der Waals surface area (Å²) in [7, 11) is 0. The predicted octanol–water partition coefficient (Wildman–Crippen LogP) is 2.62. The highest BCUT2D eigenvalue weighted by atomic mass is 32.1. The van der Waals surface area contributed by atoms with E-state index in [1.54, 1.807) is 12.3 Å². The average molecular weight is 297 g/mol. The molecule has 0 spiro atoms. The molecule has 1 unspecified atom stereocenters. The molecule has 1 amide bonds. The highest BCUT2D eigenvalue weighted by molar-refractivity contribution is 7.13. The molecule has 7 heteroatoms. The summed E-state index contributed by atoms with van der Waals surface area (Å²) in [5, 5.41) is 4.72. The van der Waals surface area contributed by atoms with Crippen molar-refractivity contribution in [2.24, 2.45) is 5.73 Å². The van der Waals surface area contributed by atoms with E-state index in [1.165, 1.54) is 17.4 Å². The Morgan fingerprint density at radius 2 is 2.25 bits per heavy atom. The standard InChI is InChI=1S/C13H13F2N3OS/c1-7(16)11-6-20-13(17-11)18-12(19)4-8-2-3-9(14)5-10(8)15/h2-3,5-7H,4,16H2,1H3,(H,17,18,19). The van der Waals surface area contributed by atoms with Crippen LogP contribution in [0.2, 0.25) is 0 Å². The second kappa shape index (κ2) is 6.06. The van der Waals surface area contributed by atoms with Crippen LogP contribution in [0.3, 0.4) is 0 Å². The molecule has 1 heterocycles. The van der Waals surface area contributed by atoms with Crippen LogP contribution in [0.4, 0.5) is 13.9 Å². The molecule has 2 rings (SSSR count). The van der Waals surface area contributed by atoms with E-state index in [0.717, 1.165) is 12.1 Å². The third kappa shape index (κ3) is 3.58. The normalized spacial score (nSPS) is 12.2. The lowest BCUT2D eigenvalue weighted by atomic mass is 10.1. The molecule has 0 aliphatic heterocycles. The van der Waals surface area contributed by atoms with Crippen LogP contribution in [-0.4, -0.2) is 10.9 Å². The average Bonchev–Trinajstić information content (AvgIpc) is 2.81. The van der Waals surface area contributed by atoms with Gasteiger partial charge in [0.15, 0.2) is 5.13 Å². The van der Waals surface area contributed by atoms with Gasteiger partial charge in [0.05, 0.1) is 12.1 Å². The Kier molecular flexibility index (Phi) is 4.41. The Bertz CT molecular complexity index is 628. The highest BCUT2D eigenvalue weighted by Gasteiger charge is 2.12. The van der Waals surface area contributed by atoms with E-state index in [4.69, 9.17) is 5.73 Å². The van der Waals surface area contributed by atoms with Crippen LogP contribution in [0.15, 0.2) is 23.6 Å². The molecule has 0 saturated carbocycles. The minimum absolute atomic E-state index is 0.132. The molecule has 0 aliphatic rings. The number of hydrogen-bond donors (Lipinski definition) is 2. The van der Waals surface area contributed by atoms with Crippen molar-refractivity contribution in [2.75, 3.05) is 5.32 Å². The number of aromatic nitrogens is 1. The first-order valence-electron chi connectivity index (χ1n) is 5.90. The zero-order valence-corrected chi connectivity index (χ0v) is 11.5. The molecule has 0 saturated heterocycles. The molecular weight excluding hydrogens is 284 g/mol. The van der Waals surface area contributed by atoms with E-state index in [1.807, 2.05) is 0 Å². The van der Waals surface area contributed by atoms with Gasteiger partial charge in [-0.25, -0.2) is 13.8 Å². The molecule has 0 fully saturated rings. The molecular formula is C13H13F2N3OS. The van der Waals surface area contributed by atoms with Crippen molar-refractivity contribution in [2.45, 2.75) is 19.4 Å². The topological polar surface area (TPSA) is 68.0 Å². The maximum absolute atomic E-state index is 13.4. The van der Waals surface area contributed by atoms with Crippen LogP contribution in [0.25, 0.3) is 0 Å². The minimum atomic E-state index is -0.740. The molecule has 0 bridgehead atoms. The number of anilines is 1. The van der Waals surface area contributed by atoms with Crippen molar-refractivity contribution in [3.63, 3.8) is 0 Å². The van der Waals surface area contributed by atoms with Gasteiger partial charge >= 0.3 is 0 Å². The summed E-state index contributed by atoms with van der Waals surface area (Å²) >= 11 is 1.25. The Labute approximate surface area is 118 Å². The fraction of sp³-hybridized carbons (Fsp3) is 0.231. The second-order valence-corrected chi connectivity index (χ2v) is 5.18. The number of nitrogens with one attached hydrogen (secondary N) is 1. The summed E-state index contributed by atoms with van der Waals surface area (Å²) in [5.74, 6) is -1.83. The number of nitrogens with two attached hydrogens (primary N) is 1. The molecule has 0 radical (unpaired) electrons. The number of benzene rings is 1. The van der Waals surface area contributed by atoms with Gasteiger partial charge < -0.3 is 11.1 Å². The molecule has 4 nitrogen and oxygen atoms in total. The van der Waals surface area contributed by atoms with Crippen molar-refractivity contribution < 1.29 is 13.6 Å². The summed E-state index contributed by atoms with van der Waals surface area (Å²) in [6, 6.07) is 2.90. The fourth-order valence-electron chi connectivity index (χ4n) is 1.55. The largest absolute Gasteiger partial charge is 0.323 e. The maximum atomic E-state index is 13.4. The van der Waals surface area contributed by atoms with Gasteiger partial charge in [0.2, 0.25) is 5.91 Å². The number of nitrogens with zero attached hydrogens (tertiary/aromatic N) is 1. The van der Waals surface area contributed by atoms with E-state index in [0.29, 0.717) is 10.8 Å². The van der Waals surface area contributed by atoms with Crippen LogP contribution in [-0.2, 0) is 11.2 Å². The lowest BCUT2D eigenvalue weighted by molar-refractivity contribution is -0.115. The summed E-state index contributed by atoms with van der Waals surface area (Å²) in [4.78, 5) is 15.9. The molecule has 106 valence electrons. The summed E-state index contributed by atoms with van der Waals surface area (Å²) in [6.45, 7) is 1.79. The number of rotatable bonds is 4. The van der Waals surface area contributed by atoms with Crippen LogP contribution in [0.5, 0.6) is 0 Å². The lowest BCUT2D eigenvalue weighted by Gasteiger charge is -2.04. The lowest BCUT2D eigenvalue weighted by Crippen LogP contribution is -2.15. The Morgan fingerprint density at radius 3 is 2.85 bits per heavy atom. The zero-order valence-electron chi connectivity index (χ0n) is 10.7. The van der Waals surface area contributed by atoms with Crippen LogP contribution in [0, 0.1) is 11.6 Å². The van der Waals surface area contributed by atoms with Gasteiger partial charge in [0.25, 0.3) is 0 Å². The van der Waals surface area contributed by atoms with Crippen molar-refractivity contribution >= 4 is 22.4 Å². The number of carbonyl (C=O) groups is 1. The van der Waals surface area contributed by atoms with Crippen molar-refractivity contribution in [1.29, 1.82) is 0 Å². The Morgan fingerprint density at radius 1 is 1.50 bits per heavy atom. The quantitative estimate of drug-likeness (QED) is 0.911. The minimum Gasteiger partial charge on any atom is -0.323 e. The van der Waals surface area contributed by atoms with Gasteiger partial charge in [-0.1, -0.05) is 6.07 Å². The third-order valence-corrected chi connectivity index (χ3v) is 3.38. The summed E-state index contributed by atoms with van der Waals surface area (Å²) in [5.41, 5.74) is 6.47. The van der Waals surface area contributed by atoms with Gasteiger partial charge in [0, 0.05) is 17.5 Å². The van der Waals surface area contributed by atoms with E-state index < -0.39 is 17.5 Å². The summed E-state index contributed by atoms with van der Waals surface area (Å²) < 4.78 is 26.2. The summed E-state index contributed by atoms with van der Waals surface area (Å²) in [6.07, 6.45) is -0.181. The van der Waals surface area contributed by atoms with Gasteiger partial charge in [-0.2, -0.15) is 0 Å². The first kappa shape index (κ1) is 14.5. The van der Waals surface area contributed by atoms with Crippen molar-refractivity contribution in [3.05, 3.63) is 46.5 Å². The third-order valence-electron chi connectivity index (χ3n) is 2.60. The number of carbonyl (C=O) groups excluding carboxylic acids is 1. The fourth-order valence-corrected chi connectivity index (χ4v) is 2.38. The van der Waals surface area contributed by atoms with Gasteiger partial charge in [0.1, 0.15) is 11.6 Å². The molecule has 1 atom stereocenters. The predicted molar refractivity (Wildman–Crippen MR) is 73.4 cm³/mol. The van der Waals surface area contributed by atoms with Crippen LogP contribution >= 0.6 is 11.3 Å². The Hall–Kier alpha value is -1.86. The smallest absolute Gasteiger partial charge is 0.230 e. The van der Waals surface area contributed by atoms with Gasteiger partial charge in [-0.3, -0.25) is 4.79 Å². The van der Waals surface area contributed by atoms with Crippen LogP contribution < -0.4 is 11.1 Å². The second-order valence-electron chi connectivity index (χ2n) is 4.33. The molecule has 1 aromatic carbocycles. The molecule has 1 aromatic heterocycles. The van der Waals surface area contributed by atoms with Crippen LogP contribution in [0.1, 0.15) is 24.2 Å². The van der Waals surface area contributed by atoms with E-state index in [2.05, 4.69) is 10.3 Å². The monoisotopic (exact) mass is 297 g/mol. The number of thiazole rings is 1. The SMILES string of the molecule is CC(N)c1csc(NC(=O)Cc2ccc(F)cc2F)n1. The molecule has 0 aliphatic carbocycles.